The van der Waals surface area contributed by atoms with Crippen molar-refractivity contribution in [2.45, 2.75) is 24.9 Å². The number of hydrogen-bond acceptors (Lipinski definition) is 4. The van der Waals surface area contributed by atoms with Crippen LogP contribution in [-0.2, 0) is 22.4 Å². The molecule has 7 heteroatoms. The average Bonchev–Trinajstić information content (AvgIpc) is 2.57. The molecule has 1 fully saturated rings. The van der Waals surface area contributed by atoms with E-state index < -0.39 is 23.7 Å². The first-order valence-electron chi connectivity index (χ1n) is 7.78. The van der Waals surface area contributed by atoms with Gasteiger partial charge in [-0.05, 0) is 35.4 Å². The van der Waals surface area contributed by atoms with Crippen LogP contribution in [0, 0.1) is 5.82 Å². The van der Waals surface area contributed by atoms with Crippen molar-refractivity contribution in [1.82, 2.24) is 10.6 Å². The van der Waals surface area contributed by atoms with E-state index in [0.717, 1.165) is 11.6 Å². The number of carbonyl (C=O) groups excluding carboxylic acids is 2. The summed E-state index contributed by atoms with van der Waals surface area (Å²) in [7, 11) is 0. The fourth-order valence-corrected chi connectivity index (χ4v) is 2.74. The van der Waals surface area contributed by atoms with Gasteiger partial charge in [0.25, 0.3) is 0 Å². The van der Waals surface area contributed by atoms with Crippen LogP contribution in [0.15, 0.2) is 42.5 Å². The third kappa shape index (κ3) is 3.88. The van der Waals surface area contributed by atoms with Gasteiger partial charge in [0.1, 0.15) is 17.8 Å². The first-order chi connectivity index (χ1) is 11.9. The minimum atomic E-state index is -0.799. The summed E-state index contributed by atoms with van der Waals surface area (Å²) in [5.74, 6) is -1.78. The van der Waals surface area contributed by atoms with Crippen LogP contribution in [0.5, 0.6) is 11.5 Å². The Bertz CT molecular complexity index is 807. The van der Waals surface area contributed by atoms with Crippen molar-refractivity contribution in [1.29, 1.82) is 0 Å². The van der Waals surface area contributed by atoms with Crippen molar-refractivity contribution in [2.75, 3.05) is 0 Å². The van der Waals surface area contributed by atoms with E-state index in [1.165, 1.54) is 24.3 Å². The second-order valence-corrected chi connectivity index (χ2v) is 5.98. The first-order valence-corrected chi connectivity index (χ1v) is 7.78. The van der Waals surface area contributed by atoms with Crippen LogP contribution < -0.4 is 10.6 Å². The van der Waals surface area contributed by atoms with Gasteiger partial charge in [-0.1, -0.05) is 18.2 Å². The van der Waals surface area contributed by atoms with Gasteiger partial charge in [-0.25, -0.2) is 4.39 Å². The minimum Gasteiger partial charge on any atom is -0.508 e. The van der Waals surface area contributed by atoms with Crippen molar-refractivity contribution in [3.05, 3.63) is 59.4 Å². The third-order valence-corrected chi connectivity index (χ3v) is 4.09. The fourth-order valence-electron chi connectivity index (χ4n) is 2.74. The molecule has 1 aliphatic heterocycles. The van der Waals surface area contributed by atoms with Gasteiger partial charge in [-0.3, -0.25) is 9.59 Å². The summed E-state index contributed by atoms with van der Waals surface area (Å²) in [6, 6.07) is 8.73. The molecule has 1 aliphatic rings. The van der Waals surface area contributed by atoms with E-state index >= 15 is 0 Å². The number of piperazine rings is 1. The molecular formula is C18H17FN2O4. The Labute approximate surface area is 143 Å². The van der Waals surface area contributed by atoms with E-state index in [1.54, 1.807) is 12.1 Å². The zero-order chi connectivity index (χ0) is 18.0. The van der Waals surface area contributed by atoms with Crippen molar-refractivity contribution < 1.29 is 24.2 Å². The van der Waals surface area contributed by atoms with Crippen LogP contribution in [0.25, 0.3) is 0 Å². The molecule has 0 aliphatic carbocycles. The summed E-state index contributed by atoms with van der Waals surface area (Å²) in [6.07, 6.45) is 0.430. The monoisotopic (exact) mass is 344 g/mol. The first kappa shape index (κ1) is 16.8. The molecule has 0 unspecified atom stereocenters. The number of hydrogen-bond donors (Lipinski definition) is 4. The largest absolute Gasteiger partial charge is 0.508 e. The molecule has 1 saturated heterocycles. The maximum absolute atomic E-state index is 13.4. The van der Waals surface area contributed by atoms with Gasteiger partial charge in [0, 0.05) is 12.8 Å². The predicted octanol–water partition coefficient (Wildman–Crippen LogP) is 1.01. The van der Waals surface area contributed by atoms with Gasteiger partial charge in [0.2, 0.25) is 11.8 Å². The Morgan fingerprint density at radius 1 is 0.840 bits per heavy atom. The smallest absolute Gasteiger partial charge is 0.243 e. The molecule has 0 aromatic heterocycles. The van der Waals surface area contributed by atoms with Crippen LogP contribution in [0.1, 0.15) is 11.1 Å². The van der Waals surface area contributed by atoms with Crippen LogP contribution in [0.4, 0.5) is 4.39 Å². The second-order valence-electron chi connectivity index (χ2n) is 5.98. The molecule has 2 aromatic carbocycles. The lowest BCUT2D eigenvalue weighted by Crippen LogP contribution is -2.62. The molecular weight excluding hydrogens is 327 g/mol. The zero-order valence-electron chi connectivity index (χ0n) is 13.2. The van der Waals surface area contributed by atoms with Gasteiger partial charge in [0.05, 0.1) is 0 Å². The van der Waals surface area contributed by atoms with E-state index in [1.807, 2.05) is 0 Å². The number of rotatable bonds is 4. The number of phenols is 2. The zero-order valence-corrected chi connectivity index (χ0v) is 13.2. The van der Waals surface area contributed by atoms with Crippen molar-refractivity contribution in [2.24, 2.45) is 0 Å². The highest BCUT2D eigenvalue weighted by atomic mass is 19.1. The standard InChI is InChI=1S/C18H17FN2O4/c19-13-7-11(3-6-16(13)23)9-15-18(25)20-14(17(24)21-15)8-10-1-4-12(22)5-2-10/h1-7,14-15,22-23H,8-9H2,(H,20,25)(H,21,24)/t14-,15-/m0/s1. The molecule has 1 heterocycles. The second kappa shape index (κ2) is 6.80. The Hall–Kier alpha value is -3.09. The van der Waals surface area contributed by atoms with E-state index in [0.29, 0.717) is 12.0 Å². The van der Waals surface area contributed by atoms with E-state index in [4.69, 9.17) is 0 Å². The maximum atomic E-state index is 13.4. The quantitative estimate of drug-likeness (QED) is 0.665. The fraction of sp³-hybridized carbons (Fsp3) is 0.222. The Balaban J connectivity index is 1.65. The minimum absolute atomic E-state index is 0.126. The van der Waals surface area contributed by atoms with Crippen LogP contribution in [-0.4, -0.2) is 34.1 Å². The molecule has 2 aromatic rings. The number of halogens is 1. The van der Waals surface area contributed by atoms with E-state index in [-0.39, 0.29) is 24.0 Å². The summed E-state index contributed by atoms with van der Waals surface area (Å²) in [4.78, 5) is 24.5. The van der Waals surface area contributed by atoms with Crippen molar-refractivity contribution in [3.8, 4) is 11.5 Å². The maximum Gasteiger partial charge on any atom is 0.243 e. The van der Waals surface area contributed by atoms with Crippen molar-refractivity contribution >= 4 is 11.8 Å². The summed E-state index contributed by atoms with van der Waals surface area (Å²) in [5.41, 5.74) is 1.30. The van der Waals surface area contributed by atoms with Gasteiger partial charge >= 0.3 is 0 Å². The highest BCUT2D eigenvalue weighted by molar-refractivity contribution is 5.97. The molecule has 2 amide bonds. The molecule has 3 rings (SSSR count). The molecule has 0 saturated carbocycles. The molecule has 25 heavy (non-hydrogen) atoms. The molecule has 0 spiro atoms. The number of nitrogens with one attached hydrogen (secondary N) is 2. The molecule has 2 atom stereocenters. The number of phenolic OH excluding ortho intramolecular Hbond substituents is 2. The normalized spacial score (nSPS) is 20.0. The number of aromatic hydroxyl groups is 2. The SMILES string of the molecule is O=C1N[C@@H](Cc2ccc(O)c(F)c2)C(=O)N[C@H]1Cc1ccc(O)cc1. The van der Waals surface area contributed by atoms with Crippen LogP contribution in [0.2, 0.25) is 0 Å². The molecule has 6 nitrogen and oxygen atoms in total. The van der Waals surface area contributed by atoms with Gasteiger partial charge in [0.15, 0.2) is 11.6 Å². The van der Waals surface area contributed by atoms with E-state index in [2.05, 4.69) is 10.6 Å². The number of benzene rings is 2. The number of carbonyl (C=O) groups is 2. The van der Waals surface area contributed by atoms with Gasteiger partial charge in [-0.2, -0.15) is 0 Å². The van der Waals surface area contributed by atoms with Crippen LogP contribution >= 0.6 is 0 Å². The summed E-state index contributed by atoms with van der Waals surface area (Å²) < 4.78 is 13.4. The lowest BCUT2D eigenvalue weighted by atomic mass is 9.98. The van der Waals surface area contributed by atoms with Crippen LogP contribution in [0.3, 0.4) is 0 Å². The predicted molar refractivity (Wildman–Crippen MR) is 87.4 cm³/mol. The Morgan fingerprint density at radius 3 is 1.92 bits per heavy atom. The molecule has 0 bridgehead atoms. The lowest BCUT2D eigenvalue weighted by molar-refractivity contribution is -0.136. The Morgan fingerprint density at radius 2 is 1.36 bits per heavy atom. The molecule has 130 valence electrons. The Kier molecular flexibility index (Phi) is 4.56. The topological polar surface area (TPSA) is 98.7 Å². The van der Waals surface area contributed by atoms with Gasteiger partial charge in [-0.15, -0.1) is 0 Å². The molecule has 0 radical (unpaired) electrons. The summed E-state index contributed by atoms with van der Waals surface area (Å²) in [6.45, 7) is 0. The lowest BCUT2D eigenvalue weighted by Gasteiger charge is -2.29. The number of amides is 2. The highest BCUT2D eigenvalue weighted by Crippen LogP contribution is 2.18. The van der Waals surface area contributed by atoms with Crippen molar-refractivity contribution in [3.63, 3.8) is 0 Å². The summed E-state index contributed by atoms with van der Waals surface area (Å²) >= 11 is 0. The third-order valence-electron chi connectivity index (χ3n) is 4.09. The average molecular weight is 344 g/mol. The molecule has 4 N–H and O–H groups in total. The summed E-state index contributed by atoms with van der Waals surface area (Å²) in [5, 5.41) is 23.8. The highest BCUT2D eigenvalue weighted by Gasteiger charge is 2.33. The van der Waals surface area contributed by atoms with E-state index in [9.17, 15) is 24.2 Å². The van der Waals surface area contributed by atoms with Gasteiger partial charge < -0.3 is 20.8 Å².